The topological polar surface area (TPSA) is 130 Å². The average Bonchev–Trinajstić information content (AvgIpc) is 2.73. The molecule has 0 aliphatic heterocycles. The van der Waals surface area contributed by atoms with Gasteiger partial charge in [0.05, 0.1) is 33.7 Å². The molecular weight excluding hydrogens is 448 g/mol. The molecular formula is C27H56N2O6. The Kier molecular flexibility index (Phi) is 23.8. The summed E-state index contributed by atoms with van der Waals surface area (Å²) in [5.74, 6) is -4.16. The number of rotatable bonds is 23. The van der Waals surface area contributed by atoms with Crippen molar-refractivity contribution in [2.75, 3.05) is 34.2 Å². The van der Waals surface area contributed by atoms with Gasteiger partial charge >= 0.3 is 5.97 Å². The Bertz CT molecular complexity index is 506. The third kappa shape index (κ3) is 35.0. The van der Waals surface area contributed by atoms with Gasteiger partial charge in [0.2, 0.25) is 5.91 Å². The van der Waals surface area contributed by atoms with Crippen molar-refractivity contribution in [3.05, 3.63) is 0 Å². The van der Waals surface area contributed by atoms with Crippen LogP contribution in [0.1, 0.15) is 122 Å². The highest BCUT2D eigenvalue weighted by Gasteiger charge is 2.22. The quantitative estimate of drug-likeness (QED) is 0.0946. The number of carboxylic acid groups (broad SMARTS) is 2. The van der Waals surface area contributed by atoms with Crippen molar-refractivity contribution in [3.63, 3.8) is 0 Å². The van der Waals surface area contributed by atoms with E-state index in [0.717, 1.165) is 12.8 Å². The summed E-state index contributed by atoms with van der Waals surface area (Å²) < 4.78 is 0.419. The Labute approximate surface area is 214 Å². The number of aliphatic hydroxyl groups is 2. The van der Waals surface area contributed by atoms with Crippen molar-refractivity contribution in [2.45, 2.75) is 128 Å². The van der Waals surface area contributed by atoms with E-state index in [2.05, 4.69) is 12.2 Å². The molecule has 0 aromatic rings. The van der Waals surface area contributed by atoms with E-state index >= 15 is 0 Å². The van der Waals surface area contributed by atoms with E-state index in [4.69, 9.17) is 5.11 Å². The van der Waals surface area contributed by atoms with Gasteiger partial charge in [-0.05, 0) is 6.42 Å². The lowest BCUT2D eigenvalue weighted by atomic mass is 10.0. The molecule has 0 spiro atoms. The molecule has 210 valence electrons. The molecule has 4 N–H and O–H groups in total. The molecule has 0 fully saturated rings. The van der Waals surface area contributed by atoms with E-state index in [-0.39, 0.29) is 13.0 Å². The predicted molar refractivity (Wildman–Crippen MR) is 139 cm³/mol. The van der Waals surface area contributed by atoms with Crippen LogP contribution in [-0.4, -0.2) is 71.9 Å². The van der Waals surface area contributed by atoms with Gasteiger partial charge in [-0.2, -0.15) is 0 Å². The zero-order valence-electron chi connectivity index (χ0n) is 23.2. The summed E-state index contributed by atoms with van der Waals surface area (Å²) in [7, 11) is 5.40. The van der Waals surface area contributed by atoms with Gasteiger partial charge < -0.3 is 29.7 Å². The van der Waals surface area contributed by atoms with E-state index < -0.39 is 24.4 Å². The number of hydrogen-bond donors (Lipinski definition) is 4. The van der Waals surface area contributed by atoms with Gasteiger partial charge in [0.15, 0.2) is 0 Å². The van der Waals surface area contributed by atoms with E-state index in [1.165, 1.54) is 89.9 Å². The molecule has 0 saturated heterocycles. The highest BCUT2D eigenvalue weighted by molar-refractivity contribution is 5.69. The highest BCUT2D eigenvalue weighted by Crippen LogP contribution is 2.15. The van der Waals surface area contributed by atoms with Crippen LogP contribution in [0.5, 0.6) is 0 Å². The molecule has 0 aliphatic rings. The minimum absolute atomic E-state index is 0.0694. The van der Waals surface area contributed by atoms with Crippen LogP contribution < -0.4 is 10.4 Å². The third-order valence-electron chi connectivity index (χ3n) is 5.76. The molecule has 0 aliphatic carbocycles. The summed E-state index contributed by atoms with van der Waals surface area (Å²) in [6, 6.07) is 0. The highest BCUT2D eigenvalue weighted by atomic mass is 16.5. The van der Waals surface area contributed by atoms with Crippen molar-refractivity contribution in [3.8, 4) is 0 Å². The largest absolute Gasteiger partial charge is 0.544 e. The van der Waals surface area contributed by atoms with Crippen LogP contribution in [0.4, 0.5) is 0 Å². The number of aliphatic carboxylic acids is 2. The summed E-state index contributed by atoms with van der Waals surface area (Å²) in [6.07, 6.45) is 22.0. The zero-order valence-corrected chi connectivity index (χ0v) is 23.2. The van der Waals surface area contributed by atoms with E-state index in [0.29, 0.717) is 10.9 Å². The van der Waals surface area contributed by atoms with Crippen molar-refractivity contribution < 1.29 is 34.5 Å². The monoisotopic (exact) mass is 504 g/mol. The summed E-state index contributed by atoms with van der Waals surface area (Å²) >= 11 is 0. The molecule has 0 bridgehead atoms. The molecule has 0 atom stereocenters. The van der Waals surface area contributed by atoms with Gasteiger partial charge in [0.25, 0.3) is 0 Å². The Morgan fingerprint density at radius 1 is 0.714 bits per heavy atom. The first-order valence-corrected chi connectivity index (χ1v) is 13.8. The second-order valence-electron chi connectivity index (χ2n) is 10.8. The van der Waals surface area contributed by atoms with Gasteiger partial charge in [0.1, 0.15) is 6.54 Å². The number of nitrogens with zero attached hydrogens (tertiary/aromatic N) is 1. The number of likely N-dealkylation sites (N-methyl/N-ethyl adjacent to an activating group) is 1. The Balaban J connectivity index is 0. The van der Waals surface area contributed by atoms with Crippen molar-refractivity contribution >= 4 is 11.9 Å². The number of carbonyl (C=O) groups excluding carboxylic acids is 1. The fraction of sp³-hybridized carbons (Fsp3) is 0.926. The van der Waals surface area contributed by atoms with Crippen molar-refractivity contribution in [2.24, 2.45) is 0 Å². The maximum Gasteiger partial charge on any atom is 0.317 e. The normalized spacial score (nSPS) is 11.7. The van der Waals surface area contributed by atoms with Crippen molar-refractivity contribution in [1.82, 2.24) is 5.32 Å². The number of quaternary nitrogens is 1. The van der Waals surface area contributed by atoms with Crippen LogP contribution >= 0.6 is 0 Å². The molecule has 0 heterocycles. The minimum Gasteiger partial charge on any atom is -0.544 e. The lowest BCUT2D eigenvalue weighted by molar-refractivity contribution is -0.864. The predicted octanol–water partition coefficient (Wildman–Crippen LogP) is 3.78. The van der Waals surface area contributed by atoms with Gasteiger partial charge in [-0.15, -0.1) is 0 Å². The summed E-state index contributed by atoms with van der Waals surface area (Å²) in [5.41, 5.74) is 0. The maximum absolute atomic E-state index is 10.4. The number of nitrogens with one attached hydrogen (secondary N) is 1. The molecule has 0 aromatic heterocycles. The van der Waals surface area contributed by atoms with Crippen LogP contribution in [0.2, 0.25) is 0 Å². The van der Waals surface area contributed by atoms with Gasteiger partial charge in [0, 0.05) is 6.42 Å². The Morgan fingerprint density at radius 3 is 1.31 bits per heavy atom. The number of hydrogen-bond acceptors (Lipinski definition) is 6. The van der Waals surface area contributed by atoms with Gasteiger partial charge in [-0.1, -0.05) is 110 Å². The molecule has 0 radical (unpaired) electrons. The smallest absolute Gasteiger partial charge is 0.317 e. The fourth-order valence-corrected chi connectivity index (χ4v) is 3.79. The lowest BCUT2D eigenvalue weighted by Gasteiger charge is -2.23. The van der Waals surface area contributed by atoms with E-state index in [1.807, 2.05) is 0 Å². The van der Waals surface area contributed by atoms with Crippen LogP contribution in [0.15, 0.2) is 0 Å². The molecule has 8 nitrogen and oxygen atoms in total. The molecule has 0 unspecified atom stereocenters. The third-order valence-corrected chi connectivity index (χ3v) is 5.76. The van der Waals surface area contributed by atoms with Crippen LogP contribution in [0.25, 0.3) is 0 Å². The summed E-state index contributed by atoms with van der Waals surface area (Å²) in [5, 5.41) is 39.8. The molecule has 35 heavy (non-hydrogen) atoms. The van der Waals surface area contributed by atoms with E-state index in [9.17, 15) is 24.9 Å². The maximum atomic E-state index is 10.4. The van der Waals surface area contributed by atoms with Crippen LogP contribution in [0.3, 0.4) is 0 Å². The van der Waals surface area contributed by atoms with E-state index in [1.54, 1.807) is 21.1 Å². The van der Waals surface area contributed by atoms with Crippen LogP contribution in [0, 0.1) is 0 Å². The molecule has 0 aromatic carbocycles. The first-order valence-electron chi connectivity index (χ1n) is 13.8. The minimum atomic E-state index is -2.06. The average molecular weight is 505 g/mol. The zero-order chi connectivity index (χ0) is 27.0. The first-order chi connectivity index (χ1) is 16.4. The van der Waals surface area contributed by atoms with Gasteiger partial charge in [-0.3, -0.25) is 10.1 Å². The second-order valence-corrected chi connectivity index (χ2v) is 10.8. The SMILES string of the molecule is CCCCCCCCCCCCCCCCCCCC(O)(O)NCC(=O)O.C[N+](C)(C)CC(=O)[O-]. The van der Waals surface area contributed by atoms with Gasteiger partial charge in [-0.25, -0.2) is 0 Å². The second kappa shape index (κ2) is 23.2. The Hall–Kier alpha value is -1.22. The van der Waals surface area contributed by atoms with Crippen LogP contribution in [-0.2, 0) is 9.59 Å². The number of carbonyl (C=O) groups is 2. The first kappa shape index (κ1) is 35.9. The Morgan fingerprint density at radius 2 is 1.06 bits per heavy atom. The molecule has 0 rings (SSSR count). The van der Waals surface area contributed by atoms with Crippen molar-refractivity contribution in [1.29, 1.82) is 0 Å². The summed E-state index contributed by atoms with van der Waals surface area (Å²) in [4.78, 5) is 20.3. The molecule has 0 amide bonds. The molecule has 0 saturated carbocycles. The number of unbranched alkanes of at least 4 members (excludes halogenated alkanes) is 16. The molecule has 8 heteroatoms. The lowest BCUT2D eigenvalue weighted by Crippen LogP contribution is -2.47. The number of carboxylic acids is 2. The fourth-order valence-electron chi connectivity index (χ4n) is 3.79. The summed E-state index contributed by atoms with van der Waals surface area (Å²) in [6.45, 7) is 1.90. The standard InChI is InChI=1S/C22H45NO4.C5H11NO2/c1-2-3-4-5-6-7-8-9-10-11-12-13-14-15-16-17-18-19-22(26,27)23-20-21(24)25;1-6(2,3)4-5(7)8/h23,26-27H,2-20H2,1H3,(H,24,25);4H2,1-3H3.